The second kappa shape index (κ2) is 7.25. The molecule has 1 fully saturated rings. The van der Waals surface area contributed by atoms with E-state index in [1.54, 1.807) is 16.0 Å². The monoisotopic (exact) mass is 367 g/mol. The number of rotatable bonds is 4. The predicted octanol–water partition coefficient (Wildman–Crippen LogP) is 3.19. The summed E-state index contributed by atoms with van der Waals surface area (Å²) < 4.78 is 1.67. The molecule has 0 aromatic carbocycles. The van der Waals surface area contributed by atoms with Gasteiger partial charge in [0.1, 0.15) is 6.54 Å². The van der Waals surface area contributed by atoms with Crippen LogP contribution in [0.1, 0.15) is 35.2 Å². The lowest BCUT2D eigenvalue weighted by Crippen LogP contribution is -2.41. The molecule has 0 bridgehead atoms. The number of halogens is 1. The van der Waals surface area contributed by atoms with Crippen molar-refractivity contribution in [3.63, 3.8) is 0 Å². The maximum atomic E-state index is 12.5. The van der Waals surface area contributed by atoms with Crippen molar-refractivity contribution in [3.8, 4) is 0 Å². The highest BCUT2D eigenvalue weighted by Gasteiger charge is 2.29. The second-order valence-electron chi connectivity index (χ2n) is 6.32. The van der Waals surface area contributed by atoms with Gasteiger partial charge >= 0.3 is 0 Å². The van der Waals surface area contributed by atoms with Gasteiger partial charge in [0.25, 0.3) is 0 Å². The van der Waals surface area contributed by atoms with Crippen LogP contribution in [0.5, 0.6) is 0 Å². The first-order chi connectivity index (χ1) is 11.5. The van der Waals surface area contributed by atoms with E-state index in [-0.39, 0.29) is 18.4 Å². The summed E-state index contributed by atoms with van der Waals surface area (Å²) in [6.07, 6.45) is 1.22. The van der Waals surface area contributed by atoms with E-state index in [1.165, 1.54) is 0 Å². The summed E-state index contributed by atoms with van der Waals surface area (Å²) in [5.74, 6) is 0.275. The Bertz CT molecular complexity index is 706. The first kappa shape index (κ1) is 17.5. The Labute approximate surface area is 150 Å². The summed E-state index contributed by atoms with van der Waals surface area (Å²) in [5.41, 5.74) is 1.57. The van der Waals surface area contributed by atoms with Crippen molar-refractivity contribution in [2.75, 3.05) is 13.1 Å². The molecule has 2 aromatic rings. The van der Waals surface area contributed by atoms with Crippen molar-refractivity contribution in [2.24, 2.45) is 5.92 Å². The molecule has 1 atom stereocenters. The zero-order valence-corrected chi connectivity index (χ0v) is 15.5. The molecule has 2 aromatic heterocycles. The standard InChI is InChI=1S/C17H22ClN3O2S/c1-11-16(18)12(2)21(19-11)10-15(22)20-7-5-13(6-8-20)17(23)14-4-3-9-24-14/h3-4,9,13,17,23H,5-8,10H2,1-2H3. The molecule has 7 heteroatoms. The molecule has 130 valence electrons. The molecule has 1 amide bonds. The van der Waals surface area contributed by atoms with E-state index in [4.69, 9.17) is 11.6 Å². The van der Waals surface area contributed by atoms with Gasteiger partial charge in [0, 0.05) is 18.0 Å². The summed E-state index contributed by atoms with van der Waals surface area (Å²) >= 11 is 7.72. The number of likely N-dealkylation sites (tertiary alicyclic amines) is 1. The van der Waals surface area contributed by atoms with E-state index in [1.807, 2.05) is 36.3 Å². The number of thiophene rings is 1. The summed E-state index contributed by atoms with van der Waals surface area (Å²) in [6, 6.07) is 3.93. The Balaban J connectivity index is 1.56. The van der Waals surface area contributed by atoms with Gasteiger partial charge in [-0.3, -0.25) is 9.48 Å². The Morgan fingerprint density at radius 2 is 2.17 bits per heavy atom. The molecule has 3 rings (SSSR count). The van der Waals surface area contributed by atoms with Crippen molar-refractivity contribution in [2.45, 2.75) is 39.3 Å². The number of aliphatic hydroxyl groups is 1. The summed E-state index contributed by atoms with van der Waals surface area (Å²) in [5, 5.41) is 17.4. The average Bonchev–Trinajstić information content (AvgIpc) is 3.20. The van der Waals surface area contributed by atoms with Crippen LogP contribution in [0.2, 0.25) is 5.02 Å². The molecule has 3 heterocycles. The molecule has 0 saturated carbocycles. The van der Waals surface area contributed by atoms with Gasteiger partial charge in [-0.05, 0) is 44.1 Å². The van der Waals surface area contributed by atoms with Crippen LogP contribution in [0.4, 0.5) is 0 Å². The first-order valence-electron chi connectivity index (χ1n) is 8.16. The van der Waals surface area contributed by atoms with Crippen LogP contribution in [-0.2, 0) is 11.3 Å². The summed E-state index contributed by atoms with van der Waals surface area (Å²) in [6.45, 7) is 5.29. The topological polar surface area (TPSA) is 58.4 Å². The Morgan fingerprint density at radius 3 is 2.71 bits per heavy atom. The largest absolute Gasteiger partial charge is 0.387 e. The van der Waals surface area contributed by atoms with Crippen molar-refractivity contribution in [3.05, 3.63) is 38.8 Å². The number of carbonyl (C=O) groups is 1. The highest BCUT2D eigenvalue weighted by atomic mass is 35.5. The SMILES string of the molecule is Cc1nn(CC(=O)N2CCC(C(O)c3cccs3)CC2)c(C)c1Cl. The van der Waals surface area contributed by atoms with Crippen LogP contribution < -0.4 is 0 Å². The predicted molar refractivity (Wildman–Crippen MR) is 95.3 cm³/mol. The van der Waals surface area contributed by atoms with Crippen LogP contribution in [0.3, 0.4) is 0 Å². The zero-order valence-electron chi connectivity index (χ0n) is 13.9. The van der Waals surface area contributed by atoms with Crippen LogP contribution in [0, 0.1) is 19.8 Å². The molecule has 24 heavy (non-hydrogen) atoms. The van der Waals surface area contributed by atoms with E-state index in [0.717, 1.165) is 29.1 Å². The molecule has 0 radical (unpaired) electrons. The third-order valence-electron chi connectivity index (χ3n) is 4.75. The fraction of sp³-hybridized carbons (Fsp3) is 0.529. The van der Waals surface area contributed by atoms with Gasteiger partial charge in [-0.25, -0.2) is 0 Å². The minimum Gasteiger partial charge on any atom is -0.387 e. The summed E-state index contributed by atoms with van der Waals surface area (Å²) in [4.78, 5) is 15.4. The van der Waals surface area contributed by atoms with Gasteiger partial charge in [0.05, 0.1) is 22.5 Å². The van der Waals surface area contributed by atoms with Gasteiger partial charge in [-0.2, -0.15) is 5.10 Å². The number of aliphatic hydroxyl groups excluding tert-OH is 1. The molecule has 1 aliphatic rings. The van der Waals surface area contributed by atoms with E-state index in [0.29, 0.717) is 18.1 Å². The van der Waals surface area contributed by atoms with E-state index in [9.17, 15) is 9.90 Å². The number of aryl methyl sites for hydroxylation is 1. The molecular formula is C17H22ClN3O2S. The minimum atomic E-state index is -0.419. The molecule has 1 unspecified atom stereocenters. The highest BCUT2D eigenvalue weighted by molar-refractivity contribution is 7.10. The van der Waals surface area contributed by atoms with Crippen LogP contribution in [0.25, 0.3) is 0 Å². The number of nitrogens with zero attached hydrogens (tertiary/aromatic N) is 3. The number of amides is 1. The van der Waals surface area contributed by atoms with Gasteiger partial charge in [0.15, 0.2) is 0 Å². The van der Waals surface area contributed by atoms with Crippen LogP contribution in [-0.4, -0.2) is 38.8 Å². The van der Waals surface area contributed by atoms with E-state index in [2.05, 4.69) is 5.10 Å². The van der Waals surface area contributed by atoms with Crippen LogP contribution >= 0.6 is 22.9 Å². The number of aromatic nitrogens is 2. The first-order valence-corrected chi connectivity index (χ1v) is 9.42. The molecular weight excluding hydrogens is 346 g/mol. The third kappa shape index (κ3) is 3.50. The van der Waals surface area contributed by atoms with Crippen molar-refractivity contribution in [1.29, 1.82) is 0 Å². The third-order valence-corrected chi connectivity index (χ3v) is 6.24. The molecule has 5 nitrogen and oxygen atoms in total. The van der Waals surface area contributed by atoms with Gasteiger partial charge in [-0.15, -0.1) is 11.3 Å². The minimum absolute atomic E-state index is 0.0568. The molecule has 1 saturated heterocycles. The quantitative estimate of drug-likeness (QED) is 0.902. The highest BCUT2D eigenvalue weighted by Crippen LogP contribution is 2.33. The number of hydrogen-bond acceptors (Lipinski definition) is 4. The van der Waals surface area contributed by atoms with Gasteiger partial charge in [0.2, 0.25) is 5.91 Å². The van der Waals surface area contributed by atoms with Gasteiger partial charge < -0.3 is 10.0 Å². The molecule has 0 spiro atoms. The Hall–Kier alpha value is -1.37. The fourth-order valence-electron chi connectivity index (χ4n) is 3.21. The van der Waals surface area contributed by atoms with Crippen molar-refractivity contribution >= 4 is 28.8 Å². The maximum absolute atomic E-state index is 12.5. The lowest BCUT2D eigenvalue weighted by Gasteiger charge is -2.34. The van der Waals surface area contributed by atoms with Crippen molar-refractivity contribution < 1.29 is 9.90 Å². The van der Waals surface area contributed by atoms with Crippen LogP contribution in [0.15, 0.2) is 17.5 Å². The number of carbonyl (C=O) groups excluding carboxylic acids is 1. The molecule has 1 aliphatic heterocycles. The Kier molecular flexibility index (Phi) is 5.27. The zero-order chi connectivity index (χ0) is 17.3. The maximum Gasteiger partial charge on any atom is 0.244 e. The number of piperidine rings is 1. The van der Waals surface area contributed by atoms with Gasteiger partial charge in [-0.1, -0.05) is 17.7 Å². The lowest BCUT2D eigenvalue weighted by molar-refractivity contribution is -0.134. The van der Waals surface area contributed by atoms with Crippen molar-refractivity contribution in [1.82, 2.24) is 14.7 Å². The smallest absolute Gasteiger partial charge is 0.244 e. The fourth-order valence-corrected chi connectivity index (χ4v) is 4.15. The normalized spacial score (nSPS) is 17.2. The molecule has 1 N–H and O–H groups in total. The number of hydrogen-bond donors (Lipinski definition) is 1. The van der Waals surface area contributed by atoms with E-state index < -0.39 is 6.10 Å². The van der Waals surface area contributed by atoms with E-state index >= 15 is 0 Å². The molecule has 0 aliphatic carbocycles. The lowest BCUT2D eigenvalue weighted by atomic mass is 9.90. The average molecular weight is 368 g/mol. The Morgan fingerprint density at radius 1 is 1.46 bits per heavy atom. The second-order valence-corrected chi connectivity index (χ2v) is 7.68. The summed E-state index contributed by atoms with van der Waals surface area (Å²) in [7, 11) is 0.